The van der Waals surface area contributed by atoms with Gasteiger partial charge in [-0.1, -0.05) is 5.16 Å². The number of nitrogens with one attached hydrogen (secondary N) is 1. The minimum atomic E-state index is -4.13. The van der Waals surface area contributed by atoms with Crippen LogP contribution in [0.3, 0.4) is 0 Å². The summed E-state index contributed by atoms with van der Waals surface area (Å²) in [6.45, 7) is 0. The van der Waals surface area contributed by atoms with Crippen LogP contribution in [0.25, 0.3) is 0 Å². The summed E-state index contributed by atoms with van der Waals surface area (Å²) < 4.78 is 42.0. The summed E-state index contributed by atoms with van der Waals surface area (Å²) in [6, 6.07) is 5.64. The molecule has 8 nitrogen and oxygen atoms in total. The van der Waals surface area contributed by atoms with Gasteiger partial charge >= 0.3 is 0 Å². The Labute approximate surface area is 138 Å². The van der Waals surface area contributed by atoms with Crippen molar-refractivity contribution in [1.82, 2.24) is 9.88 Å². The average molecular weight is 352 g/mol. The molecule has 0 unspecified atom stereocenters. The molecule has 128 valence electrons. The number of carbonyl (C=O) groups excluding carboxylic acids is 1. The molecule has 1 saturated carbocycles. The van der Waals surface area contributed by atoms with Crippen LogP contribution in [0, 0.1) is 0 Å². The number of hydrogen-bond donors (Lipinski definition) is 1. The Morgan fingerprint density at radius 1 is 1.25 bits per heavy atom. The van der Waals surface area contributed by atoms with Gasteiger partial charge in [0.05, 0.1) is 14.2 Å². The first-order valence-corrected chi connectivity index (χ1v) is 8.68. The molecule has 1 aliphatic rings. The van der Waals surface area contributed by atoms with Crippen LogP contribution >= 0.6 is 0 Å². The van der Waals surface area contributed by atoms with E-state index in [0.717, 1.165) is 12.8 Å². The molecule has 2 aromatic rings. The van der Waals surface area contributed by atoms with E-state index in [-0.39, 0.29) is 22.3 Å². The molecule has 1 aromatic carbocycles. The summed E-state index contributed by atoms with van der Waals surface area (Å²) in [5.41, 5.74) is -0.0760. The van der Waals surface area contributed by atoms with E-state index in [1.807, 2.05) is 4.72 Å². The average Bonchev–Trinajstić information content (AvgIpc) is 3.30. The standard InChI is InChI=1S/C15H16N2O6S/c1-21-10-5-6-14(13(7-10)22-2)24(19,20)17-15(18)11-8-12(23-16-11)9-3-4-9/h5-9H,3-4H2,1-2H3,(H,17,18). The normalized spacial score (nSPS) is 14.2. The molecule has 1 aromatic heterocycles. The number of ether oxygens (including phenoxy) is 2. The molecule has 1 heterocycles. The number of sulfonamides is 1. The Morgan fingerprint density at radius 2 is 2.00 bits per heavy atom. The molecule has 3 rings (SSSR count). The number of nitrogens with zero attached hydrogens (tertiary/aromatic N) is 1. The van der Waals surface area contributed by atoms with Gasteiger partial charge < -0.3 is 14.0 Å². The van der Waals surface area contributed by atoms with Crippen molar-refractivity contribution in [3.8, 4) is 11.5 Å². The number of rotatable bonds is 6. The second kappa shape index (κ2) is 6.16. The highest BCUT2D eigenvalue weighted by molar-refractivity contribution is 7.90. The topological polar surface area (TPSA) is 108 Å². The largest absolute Gasteiger partial charge is 0.497 e. The lowest BCUT2D eigenvalue weighted by atomic mass is 10.3. The Hall–Kier alpha value is -2.55. The van der Waals surface area contributed by atoms with Crippen molar-refractivity contribution in [3.05, 3.63) is 35.7 Å². The van der Waals surface area contributed by atoms with Gasteiger partial charge in [-0.2, -0.15) is 0 Å². The summed E-state index contributed by atoms with van der Waals surface area (Å²) in [6.07, 6.45) is 1.97. The van der Waals surface area contributed by atoms with E-state index in [0.29, 0.717) is 11.5 Å². The minimum Gasteiger partial charge on any atom is -0.497 e. The molecule has 0 aliphatic heterocycles. The third kappa shape index (κ3) is 3.21. The van der Waals surface area contributed by atoms with Crippen LogP contribution < -0.4 is 14.2 Å². The van der Waals surface area contributed by atoms with Gasteiger partial charge in [0.1, 0.15) is 22.2 Å². The van der Waals surface area contributed by atoms with Crippen LogP contribution in [-0.4, -0.2) is 33.7 Å². The van der Waals surface area contributed by atoms with Gasteiger partial charge in [-0.15, -0.1) is 0 Å². The van der Waals surface area contributed by atoms with Crippen LogP contribution in [0.15, 0.2) is 33.7 Å². The first kappa shape index (κ1) is 16.3. The van der Waals surface area contributed by atoms with Gasteiger partial charge in [0.2, 0.25) is 0 Å². The van der Waals surface area contributed by atoms with E-state index in [1.54, 1.807) is 0 Å². The van der Waals surface area contributed by atoms with E-state index in [2.05, 4.69) is 5.16 Å². The van der Waals surface area contributed by atoms with Gasteiger partial charge in [0.15, 0.2) is 5.69 Å². The lowest BCUT2D eigenvalue weighted by molar-refractivity contribution is 0.0972. The summed E-state index contributed by atoms with van der Waals surface area (Å²) in [5, 5.41) is 3.62. The Morgan fingerprint density at radius 3 is 2.62 bits per heavy atom. The molecule has 0 atom stereocenters. The fourth-order valence-corrected chi connectivity index (χ4v) is 3.30. The van der Waals surface area contributed by atoms with Gasteiger partial charge in [-0.05, 0) is 25.0 Å². The zero-order valence-electron chi connectivity index (χ0n) is 13.1. The summed E-state index contributed by atoms with van der Waals surface area (Å²) in [7, 11) is -1.35. The van der Waals surface area contributed by atoms with Crippen LogP contribution in [0.1, 0.15) is 35.0 Å². The monoisotopic (exact) mass is 352 g/mol. The number of carbonyl (C=O) groups is 1. The SMILES string of the molecule is COc1ccc(S(=O)(=O)NC(=O)c2cc(C3CC3)on2)c(OC)c1. The van der Waals surface area contributed by atoms with Gasteiger partial charge in [0, 0.05) is 18.1 Å². The summed E-state index contributed by atoms with van der Waals surface area (Å²) in [5.74, 6) is 0.511. The van der Waals surface area contributed by atoms with E-state index in [4.69, 9.17) is 14.0 Å². The van der Waals surface area contributed by atoms with Crippen LogP contribution in [0.5, 0.6) is 11.5 Å². The van der Waals surface area contributed by atoms with Crippen molar-refractivity contribution in [2.45, 2.75) is 23.7 Å². The van der Waals surface area contributed by atoms with E-state index < -0.39 is 15.9 Å². The molecular weight excluding hydrogens is 336 g/mol. The second-order valence-electron chi connectivity index (χ2n) is 5.34. The van der Waals surface area contributed by atoms with Crippen LogP contribution in [-0.2, 0) is 10.0 Å². The number of benzene rings is 1. The highest BCUT2D eigenvalue weighted by atomic mass is 32.2. The predicted molar refractivity (Wildman–Crippen MR) is 82.7 cm³/mol. The highest BCUT2D eigenvalue weighted by Crippen LogP contribution is 2.40. The van der Waals surface area contributed by atoms with Crippen molar-refractivity contribution in [1.29, 1.82) is 0 Å². The number of aromatic nitrogens is 1. The van der Waals surface area contributed by atoms with Gasteiger partial charge in [-0.25, -0.2) is 13.1 Å². The van der Waals surface area contributed by atoms with E-state index in [9.17, 15) is 13.2 Å². The van der Waals surface area contributed by atoms with Crippen molar-refractivity contribution in [3.63, 3.8) is 0 Å². The first-order chi connectivity index (χ1) is 11.4. The molecule has 0 spiro atoms. The molecule has 1 N–H and O–H groups in total. The Bertz CT molecular complexity index is 870. The lowest BCUT2D eigenvalue weighted by Crippen LogP contribution is -2.31. The predicted octanol–water partition coefficient (Wildman–Crippen LogP) is 1.69. The van der Waals surface area contributed by atoms with Crippen molar-refractivity contribution in [2.75, 3.05) is 14.2 Å². The van der Waals surface area contributed by atoms with Crippen molar-refractivity contribution >= 4 is 15.9 Å². The quantitative estimate of drug-likeness (QED) is 0.843. The number of amides is 1. The maximum atomic E-state index is 12.4. The van der Waals surface area contributed by atoms with Crippen LogP contribution in [0.2, 0.25) is 0 Å². The number of hydrogen-bond acceptors (Lipinski definition) is 7. The van der Waals surface area contributed by atoms with E-state index >= 15 is 0 Å². The molecule has 0 radical (unpaired) electrons. The molecule has 0 bridgehead atoms. The zero-order chi connectivity index (χ0) is 17.3. The van der Waals surface area contributed by atoms with Gasteiger partial charge in [0.25, 0.3) is 15.9 Å². The minimum absolute atomic E-state index is 0.0634. The third-order valence-corrected chi connectivity index (χ3v) is 5.00. The first-order valence-electron chi connectivity index (χ1n) is 7.20. The van der Waals surface area contributed by atoms with Crippen molar-refractivity contribution < 1.29 is 27.2 Å². The molecule has 9 heteroatoms. The van der Waals surface area contributed by atoms with E-state index in [1.165, 1.54) is 38.5 Å². The lowest BCUT2D eigenvalue weighted by Gasteiger charge is -2.11. The van der Waals surface area contributed by atoms with Gasteiger partial charge in [-0.3, -0.25) is 4.79 Å². The molecule has 1 aliphatic carbocycles. The molecule has 0 saturated heterocycles. The van der Waals surface area contributed by atoms with Crippen molar-refractivity contribution in [2.24, 2.45) is 0 Å². The third-order valence-electron chi connectivity index (χ3n) is 3.63. The maximum Gasteiger partial charge on any atom is 0.287 e. The summed E-state index contributed by atoms with van der Waals surface area (Å²) in [4.78, 5) is 12.0. The van der Waals surface area contributed by atoms with Crippen LogP contribution in [0.4, 0.5) is 0 Å². The summed E-state index contributed by atoms with van der Waals surface area (Å²) >= 11 is 0. The smallest absolute Gasteiger partial charge is 0.287 e. The molecule has 1 amide bonds. The highest BCUT2D eigenvalue weighted by Gasteiger charge is 2.30. The number of methoxy groups -OCH3 is 2. The Kier molecular flexibility index (Phi) is 4.18. The fraction of sp³-hybridized carbons (Fsp3) is 0.333. The zero-order valence-corrected chi connectivity index (χ0v) is 13.9. The molecule has 24 heavy (non-hydrogen) atoms. The molecule has 1 fully saturated rings. The maximum absolute atomic E-state index is 12.4. The second-order valence-corrected chi connectivity index (χ2v) is 6.99. The fourth-order valence-electron chi connectivity index (χ4n) is 2.18. The molecular formula is C15H16N2O6S. The Balaban J connectivity index is 1.83.